The first-order chi connectivity index (χ1) is 11.6. The number of carbonyl (C=O) groups is 1. The highest BCUT2D eigenvalue weighted by atomic mass is 35.5. The Labute approximate surface area is 150 Å². The third-order valence-corrected chi connectivity index (χ3v) is 4.98. The number of carbonyl (C=O) groups excluding carboxylic acids is 1. The van der Waals surface area contributed by atoms with Crippen molar-refractivity contribution in [1.82, 2.24) is 5.32 Å². The lowest BCUT2D eigenvalue weighted by molar-refractivity contribution is -0.121. The molecule has 0 saturated carbocycles. The first-order valence-electron chi connectivity index (χ1n) is 9.08. The molecule has 134 valence electrons. The van der Waals surface area contributed by atoms with E-state index in [0.717, 1.165) is 63.3 Å². The first-order valence-corrected chi connectivity index (χ1v) is 9.46. The second-order valence-electron chi connectivity index (χ2n) is 6.79. The van der Waals surface area contributed by atoms with Crippen molar-refractivity contribution in [3.05, 3.63) is 28.8 Å². The quantitative estimate of drug-likeness (QED) is 0.669. The number of nitrogens with zero attached hydrogens (tertiary/aromatic N) is 1. The van der Waals surface area contributed by atoms with Crippen LogP contribution in [0, 0.1) is 12.8 Å². The molecule has 0 aromatic heterocycles. The van der Waals surface area contributed by atoms with Crippen LogP contribution in [0.5, 0.6) is 0 Å². The maximum absolute atomic E-state index is 11.9. The standard InChI is InChI=1S/C19H30ClN3O/c1-15-7-8-17(20)12-18(15)23-11-9-16(14-23)13-22-19(24)6-4-2-3-5-10-21/h7-8,12,16H,2-6,9-11,13-14,21H2,1H3,(H,22,24). The van der Waals surface area contributed by atoms with Gasteiger partial charge in [0, 0.05) is 36.8 Å². The molecule has 0 aliphatic carbocycles. The van der Waals surface area contributed by atoms with Gasteiger partial charge in [-0.1, -0.05) is 30.5 Å². The van der Waals surface area contributed by atoms with Gasteiger partial charge in [0.1, 0.15) is 0 Å². The summed E-state index contributed by atoms with van der Waals surface area (Å²) in [5.41, 5.74) is 7.94. The Hall–Kier alpha value is -1.26. The van der Waals surface area contributed by atoms with E-state index in [-0.39, 0.29) is 5.91 Å². The minimum atomic E-state index is 0.181. The lowest BCUT2D eigenvalue weighted by atomic mass is 10.1. The average Bonchev–Trinajstić information content (AvgIpc) is 3.04. The Morgan fingerprint density at radius 2 is 2.12 bits per heavy atom. The Balaban J connectivity index is 1.68. The molecule has 5 heteroatoms. The molecule has 3 N–H and O–H groups in total. The maximum Gasteiger partial charge on any atom is 0.220 e. The van der Waals surface area contributed by atoms with E-state index in [4.69, 9.17) is 17.3 Å². The van der Waals surface area contributed by atoms with E-state index in [1.54, 1.807) is 0 Å². The van der Waals surface area contributed by atoms with Gasteiger partial charge in [0.15, 0.2) is 0 Å². The topological polar surface area (TPSA) is 58.4 Å². The average molecular weight is 352 g/mol. The highest BCUT2D eigenvalue weighted by molar-refractivity contribution is 6.30. The number of hydrogen-bond donors (Lipinski definition) is 2. The number of amides is 1. The molecule has 1 saturated heterocycles. The number of aryl methyl sites for hydroxylation is 1. The van der Waals surface area contributed by atoms with Crippen molar-refractivity contribution < 1.29 is 4.79 Å². The van der Waals surface area contributed by atoms with Crippen LogP contribution in [0.15, 0.2) is 18.2 Å². The van der Waals surface area contributed by atoms with Gasteiger partial charge in [-0.2, -0.15) is 0 Å². The van der Waals surface area contributed by atoms with E-state index in [2.05, 4.69) is 23.2 Å². The molecule has 1 atom stereocenters. The molecule has 1 aliphatic rings. The Morgan fingerprint density at radius 3 is 2.92 bits per heavy atom. The van der Waals surface area contributed by atoms with Gasteiger partial charge in [0.05, 0.1) is 0 Å². The van der Waals surface area contributed by atoms with Gasteiger partial charge in [-0.25, -0.2) is 0 Å². The van der Waals surface area contributed by atoms with Crippen molar-refractivity contribution >= 4 is 23.2 Å². The number of unbranched alkanes of at least 4 members (excludes halogenated alkanes) is 3. The van der Waals surface area contributed by atoms with Gasteiger partial charge in [-0.05, 0) is 56.3 Å². The van der Waals surface area contributed by atoms with E-state index in [9.17, 15) is 4.79 Å². The number of halogens is 1. The van der Waals surface area contributed by atoms with Crippen molar-refractivity contribution in [3.8, 4) is 0 Å². The number of nitrogens with one attached hydrogen (secondary N) is 1. The number of benzene rings is 1. The highest BCUT2D eigenvalue weighted by Crippen LogP contribution is 2.29. The van der Waals surface area contributed by atoms with Crippen LogP contribution in [0.25, 0.3) is 0 Å². The van der Waals surface area contributed by atoms with E-state index < -0.39 is 0 Å². The second-order valence-corrected chi connectivity index (χ2v) is 7.22. The van der Waals surface area contributed by atoms with Crippen LogP contribution < -0.4 is 16.0 Å². The van der Waals surface area contributed by atoms with Gasteiger partial charge in [0.2, 0.25) is 5.91 Å². The molecule has 1 aliphatic heterocycles. The molecule has 1 amide bonds. The Bertz CT molecular complexity index is 535. The zero-order valence-electron chi connectivity index (χ0n) is 14.7. The van der Waals surface area contributed by atoms with Crippen LogP contribution in [-0.4, -0.2) is 32.1 Å². The Morgan fingerprint density at radius 1 is 1.33 bits per heavy atom. The molecule has 0 bridgehead atoms. The summed E-state index contributed by atoms with van der Waals surface area (Å²) in [7, 11) is 0. The van der Waals surface area contributed by atoms with Crippen molar-refractivity contribution in [1.29, 1.82) is 0 Å². The zero-order valence-corrected chi connectivity index (χ0v) is 15.4. The van der Waals surface area contributed by atoms with E-state index >= 15 is 0 Å². The van der Waals surface area contributed by atoms with Gasteiger partial charge in [-0.15, -0.1) is 0 Å². The van der Waals surface area contributed by atoms with Crippen molar-refractivity contribution in [3.63, 3.8) is 0 Å². The molecule has 4 nitrogen and oxygen atoms in total. The highest BCUT2D eigenvalue weighted by Gasteiger charge is 2.24. The molecule has 1 fully saturated rings. The third kappa shape index (κ3) is 5.99. The summed E-state index contributed by atoms with van der Waals surface area (Å²) < 4.78 is 0. The van der Waals surface area contributed by atoms with Crippen LogP contribution in [-0.2, 0) is 4.79 Å². The number of rotatable bonds is 9. The van der Waals surface area contributed by atoms with Gasteiger partial charge in [0.25, 0.3) is 0 Å². The van der Waals surface area contributed by atoms with Crippen LogP contribution in [0.2, 0.25) is 5.02 Å². The van der Waals surface area contributed by atoms with Crippen molar-refractivity contribution in [2.75, 3.05) is 31.1 Å². The van der Waals surface area contributed by atoms with Gasteiger partial charge >= 0.3 is 0 Å². The molecular weight excluding hydrogens is 322 g/mol. The van der Waals surface area contributed by atoms with Crippen LogP contribution in [0.3, 0.4) is 0 Å². The summed E-state index contributed by atoms with van der Waals surface area (Å²) in [6.45, 7) is 5.65. The first kappa shape index (κ1) is 19.1. The SMILES string of the molecule is Cc1ccc(Cl)cc1N1CCC(CNC(=O)CCCCCCN)C1. The van der Waals surface area contributed by atoms with E-state index in [1.807, 2.05) is 12.1 Å². The fraction of sp³-hybridized carbons (Fsp3) is 0.632. The predicted octanol–water partition coefficient (Wildman–Crippen LogP) is 3.50. The van der Waals surface area contributed by atoms with Gasteiger partial charge in [-0.3, -0.25) is 4.79 Å². The monoisotopic (exact) mass is 351 g/mol. The summed E-state index contributed by atoms with van der Waals surface area (Å²) in [4.78, 5) is 14.3. The molecule has 1 heterocycles. The smallest absolute Gasteiger partial charge is 0.220 e. The summed E-state index contributed by atoms with van der Waals surface area (Å²) in [6.07, 6.45) is 5.99. The molecule has 0 radical (unpaired) electrons. The summed E-state index contributed by atoms with van der Waals surface area (Å²) in [5, 5.41) is 3.88. The number of anilines is 1. The fourth-order valence-corrected chi connectivity index (χ4v) is 3.44. The minimum Gasteiger partial charge on any atom is -0.371 e. The molecule has 1 aromatic carbocycles. The summed E-state index contributed by atoms with van der Waals surface area (Å²) in [6, 6.07) is 6.04. The van der Waals surface area contributed by atoms with Crippen molar-refractivity contribution in [2.24, 2.45) is 11.7 Å². The van der Waals surface area contributed by atoms with Crippen LogP contribution >= 0.6 is 11.6 Å². The normalized spacial score (nSPS) is 17.3. The Kier molecular flexibility index (Phi) is 7.86. The largest absolute Gasteiger partial charge is 0.371 e. The van der Waals surface area contributed by atoms with Crippen LogP contribution in [0.4, 0.5) is 5.69 Å². The zero-order chi connectivity index (χ0) is 17.4. The van der Waals surface area contributed by atoms with Crippen LogP contribution in [0.1, 0.15) is 44.1 Å². The third-order valence-electron chi connectivity index (χ3n) is 4.74. The second kappa shape index (κ2) is 9.90. The van der Waals surface area contributed by atoms with E-state index in [0.29, 0.717) is 12.3 Å². The fourth-order valence-electron chi connectivity index (χ4n) is 3.27. The predicted molar refractivity (Wildman–Crippen MR) is 102 cm³/mol. The molecule has 1 unspecified atom stereocenters. The molecular formula is C19H30ClN3O. The molecule has 2 rings (SSSR count). The number of nitrogens with two attached hydrogens (primary N) is 1. The van der Waals surface area contributed by atoms with Gasteiger partial charge < -0.3 is 16.0 Å². The lowest BCUT2D eigenvalue weighted by Gasteiger charge is -2.21. The lowest BCUT2D eigenvalue weighted by Crippen LogP contribution is -2.31. The minimum absolute atomic E-state index is 0.181. The molecule has 1 aromatic rings. The van der Waals surface area contributed by atoms with E-state index in [1.165, 1.54) is 11.3 Å². The van der Waals surface area contributed by atoms with Crippen molar-refractivity contribution in [2.45, 2.75) is 45.4 Å². The summed E-state index contributed by atoms with van der Waals surface area (Å²) in [5.74, 6) is 0.699. The summed E-state index contributed by atoms with van der Waals surface area (Å²) >= 11 is 6.12. The molecule has 24 heavy (non-hydrogen) atoms. The number of hydrogen-bond acceptors (Lipinski definition) is 3. The molecule has 0 spiro atoms. The maximum atomic E-state index is 11.9.